The van der Waals surface area contributed by atoms with Crippen LogP contribution in [0.2, 0.25) is 0 Å². The van der Waals surface area contributed by atoms with Crippen LogP contribution in [-0.2, 0) is 9.53 Å². The van der Waals surface area contributed by atoms with Crippen molar-refractivity contribution >= 4 is 28.9 Å². The van der Waals surface area contributed by atoms with Crippen LogP contribution in [0.3, 0.4) is 0 Å². The molecule has 0 heterocycles. The number of azo groups is 1. The Morgan fingerprint density at radius 1 is 0.828 bits per heavy atom. The Morgan fingerprint density at radius 3 is 2.14 bits per heavy atom. The maximum Gasteiger partial charge on any atom is 0.342 e. The van der Waals surface area contributed by atoms with Gasteiger partial charge in [-0.3, -0.25) is 4.79 Å². The number of amides is 1. The quantitative estimate of drug-likeness (QED) is 0.459. The third kappa shape index (κ3) is 5.74. The smallest absolute Gasteiger partial charge is 0.342 e. The largest absolute Gasteiger partial charge is 0.496 e. The van der Waals surface area contributed by atoms with E-state index in [1.165, 1.54) is 7.11 Å². The normalized spacial score (nSPS) is 10.5. The van der Waals surface area contributed by atoms with Gasteiger partial charge >= 0.3 is 5.97 Å². The number of rotatable bonds is 7. The van der Waals surface area contributed by atoms with E-state index in [9.17, 15) is 9.59 Å². The van der Waals surface area contributed by atoms with Crippen molar-refractivity contribution in [3.63, 3.8) is 0 Å². The zero-order valence-corrected chi connectivity index (χ0v) is 15.7. The highest BCUT2D eigenvalue weighted by Crippen LogP contribution is 2.20. The molecule has 3 aromatic rings. The molecular weight excluding hydrogens is 370 g/mol. The maximum absolute atomic E-state index is 12.1. The zero-order chi connectivity index (χ0) is 20.5. The van der Waals surface area contributed by atoms with Gasteiger partial charge in [0.15, 0.2) is 6.61 Å². The van der Waals surface area contributed by atoms with E-state index < -0.39 is 18.5 Å². The van der Waals surface area contributed by atoms with Crippen molar-refractivity contribution in [1.82, 2.24) is 0 Å². The van der Waals surface area contributed by atoms with Gasteiger partial charge in [0.25, 0.3) is 5.91 Å². The number of anilines is 1. The molecule has 1 amide bonds. The van der Waals surface area contributed by atoms with Crippen LogP contribution in [-0.4, -0.2) is 25.6 Å². The summed E-state index contributed by atoms with van der Waals surface area (Å²) < 4.78 is 10.2. The summed E-state index contributed by atoms with van der Waals surface area (Å²) in [6.45, 7) is -0.410. The highest BCUT2D eigenvalue weighted by Gasteiger charge is 2.14. The van der Waals surface area contributed by atoms with Crippen molar-refractivity contribution < 1.29 is 19.1 Å². The average Bonchev–Trinajstić information content (AvgIpc) is 2.77. The van der Waals surface area contributed by atoms with Crippen molar-refractivity contribution in [2.24, 2.45) is 10.2 Å². The molecule has 1 N–H and O–H groups in total. The lowest BCUT2D eigenvalue weighted by molar-refractivity contribution is -0.119. The molecule has 0 bridgehead atoms. The number of nitrogens with zero attached hydrogens (tertiary/aromatic N) is 2. The zero-order valence-electron chi connectivity index (χ0n) is 15.7. The summed E-state index contributed by atoms with van der Waals surface area (Å²) in [5, 5.41) is 10.9. The van der Waals surface area contributed by atoms with Gasteiger partial charge in [-0.25, -0.2) is 4.79 Å². The number of hydrogen-bond donors (Lipinski definition) is 1. The van der Waals surface area contributed by atoms with Crippen molar-refractivity contribution in [3.8, 4) is 5.75 Å². The second-order valence-corrected chi connectivity index (χ2v) is 5.91. The first-order chi connectivity index (χ1) is 14.2. The molecule has 0 radical (unpaired) electrons. The van der Waals surface area contributed by atoms with Crippen LogP contribution in [0.1, 0.15) is 10.4 Å². The van der Waals surface area contributed by atoms with Crippen LogP contribution < -0.4 is 10.1 Å². The molecule has 0 aliphatic carbocycles. The number of benzene rings is 3. The highest BCUT2D eigenvalue weighted by molar-refractivity contribution is 5.96. The lowest BCUT2D eigenvalue weighted by Gasteiger charge is -2.09. The molecule has 29 heavy (non-hydrogen) atoms. The molecule has 0 atom stereocenters. The first kappa shape index (κ1) is 19.8. The molecule has 0 unspecified atom stereocenters. The summed E-state index contributed by atoms with van der Waals surface area (Å²) in [5.74, 6) is -0.695. The number of carbonyl (C=O) groups is 2. The van der Waals surface area contributed by atoms with E-state index in [0.29, 0.717) is 17.1 Å². The molecule has 0 fully saturated rings. The molecule has 0 aliphatic rings. The Bertz CT molecular complexity index is 1000. The molecule has 7 heteroatoms. The predicted molar refractivity (Wildman–Crippen MR) is 109 cm³/mol. The SMILES string of the molecule is COc1ccccc1C(=O)OCC(=O)Nc1ccc(N=Nc2ccccc2)cc1. The summed E-state index contributed by atoms with van der Waals surface area (Å²) in [4.78, 5) is 24.1. The second-order valence-electron chi connectivity index (χ2n) is 5.91. The van der Waals surface area contributed by atoms with Crippen molar-refractivity contribution in [2.75, 3.05) is 19.0 Å². The lowest BCUT2D eigenvalue weighted by Crippen LogP contribution is -2.21. The first-order valence-corrected chi connectivity index (χ1v) is 8.82. The van der Waals surface area contributed by atoms with Crippen LogP contribution in [0, 0.1) is 0 Å². The van der Waals surface area contributed by atoms with E-state index in [1.54, 1.807) is 48.5 Å². The Morgan fingerprint density at radius 2 is 1.45 bits per heavy atom. The minimum Gasteiger partial charge on any atom is -0.496 e. The molecule has 3 aromatic carbocycles. The van der Waals surface area contributed by atoms with Crippen molar-refractivity contribution in [3.05, 3.63) is 84.4 Å². The minimum absolute atomic E-state index is 0.260. The van der Waals surface area contributed by atoms with Gasteiger partial charge in [-0.1, -0.05) is 30.3 Å². The van der Waals surface area contributed by atoms with Gasteiger partial charge in [0, 0.05) is 5.69 Å². The molecule has 0 spiro atoms. The van der Waals surface area contributed by atoms with Gasteiger partial charge in [-0.15, -0.1) is 0 Å². The van der Waals surface area contributed by atoms with E-state index in [-0.39, 0.29) is 5.56 Å². The van der Waals surface area contributed by atoms with Gasteiger partial charge in [-0.2, -0.15) is 10.2 Å². The van der Waals surface area contributed by atoms with E-state index in [2.05, 4.69) is 15.5 Å². The van der Waals surface area contributed by atoms with Crippen LogP contribution in [0.25, 0.3) is 0 Å². The molecule has 146 valence electrons. The van der Waals surface area contributed by atoms with Gasteiger partial charge < -0.3 is 14.8 Å². The average molecular weight is 389 g/mol. The fraction of sp³-hybridized carbons (Fsp3) is 0.0909. The third-order valence-corrected chi connectivity index (χ3v) is 3.85. The van der Waals surface area contributed by atoms with E-state index in [0.717, 1.165) is 5.69 Å². The fourth-order valence-corrected chi connectivity index (χ4v) is 2.44. The van der Waals surface area contributed by atoms with Gasteiger partial charge in [0.05, 0.1) is 18.5 Å². The van der Waals surface area contributed by atoms with E-state index in [4.69, 9.17) is 9.47 Å². The van der Waals surface area contributed by atoms with E-state index in [1.807, 2.05) is 30.3 Å². The standard InChI is InChI=1S/C22H19N3O4/c1-28-20-10-6-5-9-19(20)22(27)29-15-21(26)23-16-11-13-18(14-12-16)25-24-17-7-3-2-4-8-17/h2-14H,15H2,1H3,(H,23,26). The van der Waals surface area contributed by atoms with Crippen molar-refractivity contribution in [1.29, 1.82) is 0 Å². The summed E-state index contributed by atoms with van der Waals surface area (Å²) in [6.07, 6.45) is 0. The minimum atomic E-state index is -0.630. The van der Waals surface area contributed by atoms with E-state index >= 15 is 0 Å². The number of nitrogens with one attached hydrogen (secondary N) is 1. The molecule has 0 aliphatic heterocycles. The third-order valence-electron chi connectivity index (χ3n) is 3.85. The molecule has 0 aromatic heterocycles. The summed E-state index contributed by atoms with van der Waals surface area (Å²) >= 11 is 0. The topological polar surface area (TPSA) is 89.3 Å². The number of methoxy groups -OCH3 is 1. The summed E-state index contributed by atoms with van der Waals surface area (Å²) in [7, 11) is 1.46. The molecular formula is C22H19N3O4. The lowest BCUT2D eigenvalue weighted by atomic mass is 10.2. The second kappa shape index (κ2) is 9.80. The predicted octanol–water partition coefficient (Wildman–Crippen LogP) is 4.91. The maximum atomic E-state index is 12.1. The number of ether oxygens (including phenoxy) is 2. The highest BCUT2D eigenvalue weighted by atomic mass is 16.5. The Labute approximate surface area is 168 Å². The van der Waals surface area contributed by atoms with Crippen LogP contribution >= 0.6 is 0 Å². The van der Waals surface area contributed by atoms with Crippen LogP contribution in [0.15, 0.2) is 89.1 Å². The number of hydrogen-bond acceptors (Lipinski definition) is 6. The van der Waals surface area contributed by atoms with Crippen molar-refractivity contribution in [2.45, 2.75) is 0 Å². The van der Waals surface area contributed by atoms with Gasteiger partial charge in [0.2, 0.25) is 0 Å². The first-order valence-electron chi connectivity index (χ1n) is 8.82. The molecule has 7 nitrogen and oxygen atoms in total. The summed E-state index contributed by atoms with van der Waals surface area (Å²) in [5.41, 5.74) is 2.22. The number of esters is 1. The molecule has 3 rings (SSSR count). The van der Waals surface area contributed by atoms with Crippen LogP contribution in [0.4, 0.5) is 17.1 Å². The van der Waals surface area contributed by atoms with Crippen LogP contribution in [0.5, 0.6) is 5.75 Å². The Balaban J connectivity index is 1.51. The number of carbonyl (C=O) groups excluding carboxylic acids is 2. The Hall–Kier alpha value is -4.00. The monoisotopic (exact) mass is 389 g/mol. The molecule has 0 saturated heterocycles. The van der Waals surface area contributed by atoms with Gasteiger partial charge in [-0.05, 0) is 48.5 Å². The summed E-state index contributed by atoms with van der Waals surface area (Å²) in [6, 6.07) is 22.9. The Kier molecular flexibility index (Phi) is 6.67. The fourth-order valence-electron chi connectivity index (χ4n) is 2.44. The van der Waals surface area contributed by atoms with Gasteiger partial charge in [0.1, 0.15) is 11.3 Å². The molecule has 0 saturated carbocycles. The number of para-hydroxylation sites is 1.